The first-order chi connectivity index (χ1) is 15.8. The van der Waals surface area contributed by atoms with Gasteiger partial charge in [0.1, 0.15) is 5.65 Å². The van der Waals surface area contributed by atoms with Crippen molar-refractivity contribution in [2.24, 2.45) is 0 Å². The second-order valence-corrected chi connectivity index (χ2v) is 9.62. The molecule has 168 valence electrons. The van der Waals surface area contributed by atoms with Gasteiger partial charge in [0.05, 0.1) is 18.4 Å². The molecular formula is C25H21F2IN4O. The van der Waals surface area contributed by atoms with Crippen LogP contribution >= 0.6 is 22.6 Å². The standard InChI is InChI=1S/C25H21F2IN4O/c1-16-14-31(15-20-13-29-23-7-2-3-10-32(20)23)22-11-17(8-9-21(16)22)24(33)30-19-6-4-5-18(12-19)25(26,27)28/h2-13,16H,14-15H2,1H3,(H,30,33). The Bertz CT molecular complexity index is 1350. The molecule has 1 N–H and O–H groups in total. The molecule has 0 fully saturated rings. The summed E-state index contributed by atoms with van der Waals surface area (Å²) < 4.78 is 26.3. The van der Waals surface area contributed by atoms with Crippen molar-refractivity contribution in [2.75, 3.05) is 16.8 Å². The molecule has 8 heteroatoms. The lowest BCUT2D eigenvalue weighted by atomic mass is 10.0. The lowest BCUT2D eigenvalue weighted by Gasteiger charge is -2.20. The fourth-order valence-electron chi connectivity index (χ4n) is 4.33. The van der Waals surface area contributed by atoms with Gasteiger partial charge < -0.3 is 14.6 Å². The summed E-state index contributed by atoms with van der Waals surface area (Å²) in [6.45, 7) is 3.68. The minimum Gasteiger partial charge on any atom is -0.365 e. The van der Waals surface area contributed by atoms with Gasteiger partial charge in [-0.2, -0.15) is 8.78 Å². The molecule has 1 aliphatic heterocycles. The summed E-state index contributed by atoms with van der Waals surface area (Å²) in [7, 11) is 0. The summed E-state index contributed by atoms with van der Waals surface area (Å²) in [5.41, 5.74) is 4.83. The number of hydrogen-bond acceptors (Lipinski definition) is 3. The maximum Gasteiger partial charge on any atom is 0.321 e. The van der Waals surface area contributed by atoms with E-state index in [1.54, 1.807) is 12.1 Å². The van der Waals surface area contributed by atoms with Crippen LogP contribution in [0, 0.1) is 0 Å². The van der Waals surface area contributed by atoms with E-state index in [0.717, 1.165) is 46.2 Å². The molecule has 0 aliphatic carbocycles. The molecule has 5 nitrogen and oxygen atoms in total. The molecule has 1 amide bonds. The average Bonchev–Trinajstić information content (AvgIpc) is 3.34. The predicted molar refractivity (Wildman–Crippen MR) is 133 cm³/mol. The molecule has 1 atom stereocenters. The first-order valence-corrected chi connectivity index (χ1v) is 11.7. The number of aromatic nitrogens is 2. The number of nitrogens with zero attached hydrogens (tertiary/aromatic N) is 3. The van der Waals surface area contributed by atoms with Crippen molar-refractivity contribution in [3.05, 3.63) is 95.4 Å². The lowest BCUT2D eigenvalue weighted by Crippen LogP contribution is -2.22. The van der Waals surface area contributed by atoms with Crippen LogP contribution in [0.15, 0.2) is 73.1 Å². The number of pyridine rings is 1. The number of hydrogen-bond donors (Lipinski definition) is 1. The third-order valence-corrected chi connectivity index (χ3v) is 6.58. The van der Waals surface area contributed by atoms with Crippen molar-refractivity contribution >= 4 is 45.5 Å². The highest BCUT2D eigenvalue weighted by molar-refractivity contribution is 14.1. The molecule has 5 rings (SSSR count). The fourth-order valence-corrected chi connectivity index (χ4v) is 4.66. The largest absolute Gasteiger partial charge is 0.365 e. The monoisotopic (exact) mass is 558 g/mol. The summed E-state index contributed by atoms with van der Waals surface area (Å²) in [5, 5.41) is 2.75. The zero-order chi connectivity index (χ0) is 23.2. The van der Waals surface area contributed by atoms with Crippen molar-refractivity contribution in [3.63, 3.8) is 0 Å². The van der Waals surface area contributed by atoms with Gasteiger partial charge >= 0.3 is 3.93 Å². The van der Waals surface area contributed by atoms with Crippen LogP contribution in [0.1, 0.15) is 40.0 Å². The topological polar surface area (TPSA) is 49.6 Å². The maximum atomic E-state index is 13.6. The minimum absolute atomic E-state index is 0.150. The van der Waals surface area contributed by atoms with Crippen molar-refractivity contribution in [2.45, 2.75) is 23.3 Å². The Morgan fingerprint density at radius 1 is 1.18 bits per heavy atom. The lowest BCUT2D eigenvalue weighted by molar-refractivity contribution is 0.102. The zero-order valence-electron chi connectivity index (χ0n) is 17.8. The number of anilines is 2. The molecule has 0 saturated carbocycles. The number of fused-ring (bicyclic) bond motifs is 2. The van der Waals surface area contributed by atoms with E-state index in [9.17, 15) is 13.6 Å². The number of rotatable bonds is 5. The number of carbonyl (C=O) groups is 1. The van der Waals surface area contributed by atoms with Gasteiger partial charge in [0, 0.05) is 63.8 Å². The quantitative estimate of drug-likeness (QED) is 0.235. The van der Waals surface area contributed by atoms with Gasteiger partial charge in [-0.15, -0.1) is 0 Å². The van der Waals surface area contributed by atoms with Crippen molar-refractivity contribution in [1.82, 2.24) is 9.38 Å². The predicted octanol–water partition coefficient (Wildman–Crippen LogP) is 6.19. The number of halogens is 3. The number of amides is 1. The summed E-state index contributed by atoms with van der Waals surface area (Å²) >= 11 is 1.08. The second-order valence-electron chi connectivity index (χ2n) is 8.27. The molecule has 4 aromatic rings. The number of alkyl halides is 3. The molecule has 33 heavy (non-hydrogen) atoms. The Labute approximate surface area is 203 Å². The Morgan fingerprint density at radius 3 is 2.85 bits per heavy atom. The fraction of sp³-hybridized carbons (Fsp3) is 0.200. The molecule has 0 spiro atoms. The smallest absolute Gasteiger partial charge is 0.321 e. The number of benzene rings is 2. The first-order valence-electron chi connectivity index (χ1n) is 10.6. The van der Waals surface area contributed by atoms with Crippen LogP contribution in [0.25, 0.3) is 5.65 Å². The number of carbonyl (C=O) groups excluding carboxylic acids is 1. The molecule has 2 aromatic heterocycles. The van der Waals surface area contributed by atoms with Crippen LogP contribution in [0.2, 0.25) is 0 Å². The summed E-state index contributed by atoms with van der Waals surface area (Å²) in [6, 6.07) is 17.3. The van der Waals surface area contributed by atoms with Gasteiger partial charge in [0.2, 0.25) is 0 Å². The average molecular weight is 558 g/mol. The van der Waals surface area contributed by atoms with Crippen molar-refractivity contribution < 1.29 is 13.6 Å². The number of imidazole rings is 1. The minimum atomic E-state index is -3.00. The van der Waals surface area contributed by atoms with E-state index in [-0.39, 0.29) is 11.5 Å². The van der Waals surface area contributed by atoms with E-state index < -0.39 is 3.93 Å². The van der Waals surface area contributed by atoms with Crippen LogP contribution in [0.3, 0.4) is 0 Å². The highest BCUT2D eigenvalue weighted by Crippen LogP contribution is 2.38. The highest BCUT2D eigenvalue weighted by Gasteiger charge is 2.28. The van der Waals surface area contributed by atoms with Crippen LogP contribution in [-0.4, -0.2) is 21.8 Å². The Balaban J connectivity index is 1.40. The van der Waals surface area contributed by atoms with Crippen molar-refractivity contribution in [1.29, 1.82) is 0 Å². The second kappa shape index (κ2) is 8.40. The summed E-state index contributed by atoms with van der Waals surface area (Å²) in [4.78, 5) is 19.6. The van der Waals surface area contributed by atoms with Gasteiger partial charge in [0.25, 0.3) is 5.91 Å². The molecular weight excluding hydrogens is 537 g/mol. The Morgan fingerprint density at radius 2 is 2.03 bits per heavy atom. The van der Waals surface area contributed by atoms with Gasteiger partial charge in [-0.3, -0.25) is 4.79 Å². The van der Waals surface area contributed by atoms with E-state index in [0.29, 0.717) is 23.7 Å². The van der Waals surface area contributed by atoms with Crippen LogP contribution in [-0.2, 0) is 10.5 Å². The van der Waals surface area contributed by atoms with Crippen LogP contribution in [0.4, 0.5) is 20.2 Å². The molecule has 1 aliphatic rings. The maximum absolute atomic E-state index is 13.6. The normalized spacial score (nSPS) is 15.6. The van der Waals surface area contributed by atoms with E-state index in [2.05, 4.69) is 26.5 Å². The Hall–Kier alpha value is -3.01. The summed E-state index contributed by atoms with van der Waals surface area (Å²) in [5.74, 6) is -0.0000981. The SMILES string of the molecule is CC1CN(Cc2cnc3ccccn23)c2cc(C(=O)Nc3cccc(C(F)(F)I)c3)ccc21. The molecule has 2 aromatic carbocycles. The summed E-state index contributed by atoms with van der Waals surface area (Å²) in [6.07, 6.45) is 3.87. The zero-order valence-corrected chi connectivity index (χ0v) is 20.0. The van der Waals surface area contributed by atoms with Gasteiger partial charge in [-0.25, -0.2) is 4.98 Å². The molecule has 0 radical (unpaired) electrons. The first kappa shape index (κ1) is 21.8. The third kappa shape index (κ3) is 4.31. The third-order valence-electron chi connectivity index (χ3n) is 5.95. The van der Waals surface area contributed by atoms with E-state index in [1.807, 2.05) is 42.7 Å². The Kier molecular flexibility index (Phi) is 5.55. The molecule has 0 bridgehead atoms. The molecule has 1 unspecified atom stereocenters. The van der Waals surface area contributed by atoms with E-state index >= 15 is 0 Å². The molecule has 0 saturated heterocycles. The van der Waals surface area contributed by atoms with E-state index in [1.165, 1.54) is 23.8 Å². The van der Waals surface area contributed by atoms with E-state index in [4.69, 9.17) is 0 Å². The molecule has 3 heterocycles. The van der Waals surface area contributed by atoms with Gasteiger partial charge in [0.15, 0.2) is 0 Å². The highest BCUT2D eigenvalue weighted by atomic mass is 127. The van der Waals surface area contributed by atoms with Crippen LogP contribution in [0.5, 0.6) is 0 Å². The van der Waals surface area contributed by atoms with Gasteiger partial charge in [-0.1, -0.05) is 31.2 Å². The number of nitrogens with one attached hydrogen (secondary N) is 1. The van der Waals surface area contributed by atoms with Crippen molar-refractivity contribution in [3.8, 4) is 0 Å². The van der Waals surface area contributed by atoms with Gasteiger partial charge in [-0.05, 0) is 42.0 Å². The van der Waals surface area contributed by atoms with Crippen LogP contribution < -0.4 is 10.2 Å².